The third-order valence-corrected chi connectivity index (χ3v) is 3.01. The van der Waals surface area contributed by atoms with Gasteiger partial charge < -0.3 is 5.32 Å². The number of nitrogens with zero attached hydrogens (tertiary/aromatic N) is 2. The molecule has 1 N–H and O–H groups in total. The van der Waals surface area contributed by atoms with E-state index in [4.69, 9.17) is 0 Å². The monoisotopic (exact) mass is 301 g/mol. The highest BCUT2D eigenvalue weighted by atomic mass is 79.9. The van der Waals surface area contributed by atoms with E-state index in [1.54, 1.807) is 6.07 Å². The second kappa shape index (κ2) is 4.88. The molecule has 0 spiro atoms. The summed E-state index contributed by atoms with van der Waals surface area (Å²) in [5.74, 6) is 0.241. The second-order valence-corrected chi connectivity index (χ2v) is 4.78. The van der Waals surface area contributed by atoms with Gasteiger partial charge in [0.2, 0.25) is 5.13 Å². The van der Waals surface area contributed by atoms with Crippen molar-refractivity contribution in [2.24, 2.45) is 0 Å². The predicted molar refractivity (Wildman–Crippen MR) is 67.2 cm³/mol. The lowest BCUT2D eigenvalue weighted by Crippen LogP contribution is -1.95. The van der Waals surface area contributed by atoms with E-state index in [-0.39, 0.29) is 5.82 Å². The lowest BCUT2D eigenvalue weighted by molar-refractivity contribution is 0.627. The van der Waals surface area contributed by atoms with Crippen LogP contribution < -0.4 is 5.32 Å². The molecule has 1 aromatic heterocycles. The Labute approximate surface area is 105 Å². The molecular weight excluding hydrogens is 293 g/mol. The van der Waals surface area contributed by atoms with Gasteiger partial charge in [-0.05, 0) is 25.1 Å². The molecule has 0 amide bonds. The molecular formula is C10H9BrFN3S. The summed E-state index contributed by atoms with van der Waals surface area (Å²) < 4.78 is 18.0. The normalized spacial score (nSPS) is 10.4. The molecule has 0 saturated carbocycles. The molecule has 0 aliphatic rings. The van der Waals surface area contributed by atoms with Crippen molar-refractivity contribution in [3.63, 3.8) is 0 Å². The molecule has 16 heavy (non-hydrogen) atoms. The van der Waals surface area contributed by atoms with Crippen molar-refractivity contribution in [2.45, 2.75) is 6.92 Å². The molecule has 1 aromatic carbocycles. The zero-order valence-corrected chi connectivity index (χ0v) is 10.9. The largest absolute Gasteiger partial charge is 0.361 e. The van der Waals surface area contributed by atoms with Gasteiger partial charge in [0.1, 0.15) is 5.82 Å². The molecule has 84 valence electrons. The molecule has 0 fully saturated rings. The minimum atomic E-state index is -0.302. The van der Waals surface area contributed by atoms with Crippen LogP contribution in [0.4, 0.5) is 9.52 Å². The smallest absolute Gasteiger partial charge is 0.202 e. The van der Waals surface area contributed by atoms with Crippen LogP contribution >= 0.6 is 27.5 Å². The Hall–Kier alpha value is -1.01. The minimum absolute atomic E-state index is 0.302. The van der Waals surface area contributed by atoms with Gasteiger partial charge in [0.15, 0.2) is 5.82 Å². The van der Waals surface area contributed by atoms with Gasteiger partial charge in [-0.15, -0.1) is 0 Å². The van der Waals surface area contributed by atoms with Crippen molar-refractivity contribution in [1.82, 2.24) is 9.36 Å². The van der Waals surface area contributed by atoms with Crippen LogP contribution in [0, 0.1) is 5.82 Å². The minimum Gasteiger partial charge on any atom is -0.361 e. The van der Waals surface area contributed by atoms with Crippen LogP contribution in [0.25, 0.3) is 11.4 Å². The van der Waals surface area contributed by atoms with Crippen LogP contribution in [0.3, 0.4) is 0 Å². The molecule has 2 aromatic rings. The van der Waals surface area contributed by atoms with Gasteiger partial charge >= 0.3 is 0 Å². The summed E-state index contributed by atoms with van der Waals surface area (Å²) in [7, 11) is 0. The number of benzene rings is 1. The Balaban J connectivity index is 2.34. The van der Waals surface area contributed by atoms with E-state index < -0.39 is 0 Å². The Morgan fingerprint density at radius 1 is 1.44 bits per heavy atom. The summed E-state index contributed by atoms with van der Waals surface area (Å²) in [5.41, 5.74) is 0.673. The molecule has 2 rings (SSSR count). The molecule has 6 heteroatoms. The molecule has 0 saturated heterocycles. The lowest BCUT2D eigenvalue weighted by Gasteiger charge is -1.97. The van der Waals surface area contributed by atoms with Crippen molar-refractivity contribution < 1.29 is 4.39 Å². The number of anilines is 1. The van der Waals surface area contributed by atoms with Gasteiger partial charge in [0.05, 0.1) is 0 Å². The maximum atomic E-state index is 13.2. The zero-order chi connectivity index (χ0) is 11.5. The highest BCUT2D eigenvalue weighted by Gasteiger charge is 2.08. The van der Waals surface area contributed by atoms with E-state index in [1.807, 2.05) is 6.92 Å². The topological polar surface area (TPSA) is 37.8 Å². The van der Waals surface area contributed by atoms with Crippen molar-refractivity contribution >= 4 is 32.6 Å². The number of hydrogen-bond donors (Lipinski definition) is 1. The summed E-state index contributed by atoms with van der Waals surface area (Å²) >= 11 is 4.51. The fourth-order valence-electron chi connectivity index (χ4n) is 1.25. The molecule has 3 nitrogen and oxygen atoms in total. The summed E-state index contributed by atoms with van der Waals surface area (Å²) in [6.45, 7) is 2.78. The van der Waals surface area contributed by atoms with Gasteiger partial charge in [-0.25, -0.2) is 4.39 Å². The predicted octanol–water partition coefficient (Wildman–Crippen LogP) is 3.54. The molecule has 0 aliphatic heterocycles. The number of aromatic nitrogens is 2. The Morgan fingerprint density at radius 2 is 2.25 bits per heavy atom. The van der Waals surface area contributed by atoms with E-state index >= 15 is 0 Å². The molecule has 0 unspecified atom stereocenters. The third kappa shape index (κ3) is 2.56. The first-order chi connectivity index (χ1) is 7.69. The van der Waals surface area contributed by atoms with Gasteiger partial charge in [0, 0.05) is 28.1 Å². The number of hydrogen-bond acceptors (Lipinski definition) is 4. The van der Waals surface area contributed by atoms with Crippen LogP contribution in [-0.4, -0.2) is 15.9 Å². The van der Waals surface area contributed by atoms with Gasteiger partial charge in [-0.2, -0.15) is 9.36 Å². The van der Waals surface area contributed by atoms with E-state index in [0.717, 1.165) is 11.7 Å². The van der Waals surface area contributed by atoms with Crippen LogP contribution in [0.1, 0.15) is 6.92 Å². The third-order valence-electron chi connectivity index (χ3n) is 1.87. The van der Waals surface area contributed by atoms with Gasteiger partial charge in [0.25, 0.3) is 0 Å². The van der Waals surface area contributed by atoms with Crippen molar-refractivity contribution in [2.75, 3.05) is 11.9 Å². The van der Waals surface area contributed by atoms with Crippen LogP contribution in [0.15, 0.2) is 22.7 Å². The Morgan fingerprint density at radius 3 is 2.94 bits per heavy atom. The summed E-state index contributed by atoms with van der Waals surface area (Å²) in [6, 6.07) is 4.62. The molecule has 0 bridgehead atoms. The molecule has 0 atom stereocenters. The average Bonchev–Trinajstić information content (AvgIpc) is 2.65. The van der Waals surface area contributed by atoms with Crippen molar-refractivity contribution in [3.05, 3.63) is 28.5 Å². The van der Waals surface area contributed by atoms with Crippen LogP contribution in [0.2, 0.25) is 0 Å². The lowest BCUT2D eigenvalue weighted by atomic mass is 10.2. The number of nitrogens with one attached hydrogen (secondary N) is 1. The maximum absolute atomic E-state index is 13.2. The fraction of sp³-hybridized carbons (Fsp3) is 0.200. The summed E-state index contributed by atoms with van der Waals surface area (Å²) in [4.78, 5) is 4.26. The quantitative estimate of drug-likeness (QED) is 0.942. The second-order valence-electron chi connectivity index (χ2n) is 3.11. The van der Waals surface area contributed by atoms with Gasteiger partial charge in [-0.1, -0.05) is 15.9 Å². The Bertz CT molecular complexity index is 480. The van der Waals surface area contributed by atoms with Crippen LogP contribution in [0.5, 0.6) is 0 Å². The highest BCUT2D eigenvalue weighted by Crippen LogP contribution is 2.25. The maximum Gasteiger partial charge on any atom is 0.202 e. The highest BCUT2D eigenvalue weighted by molar-refractivity contribution is 9.10. The zero-order valence-electron chi connectivity index (χ0n) is 8.50. The standard InChI is InChI=1S/C10H9BrFN3S/c1-2-13-10-14-9(15-16-10)6-3-7(11)5-8(12)4-6/h3-5H,2H2,1H3,(H,13,14,15). The first kappa shape index (κ1) is 11.5. The van der Waals surface area contributed by atoms with E-state index in [9.17, 15) is 4.39 Å². The average molecular weight is 302 g/mol. The van der Waals surface area contributed by atoms with Gasteiger partial charge in [-0.3, -0.25) is 0 Å². The van der Waals surface area contributed by atoms with Crippen molar-refractivity contribution in [1.29, 1.82) is 0 Å². The van der Waals surface area contributed by atoms with E-state index in [2.05, 4.69) is 30.6 Å². The number of halogens is 2. The summed E-state index contributed by atoms with van der Waals surface area (Å²) in [5, 5.41) is 3.81. The van der Waals surface area contributed by atoms with E-state index in [1.165, 1.54) is 23.7 Å². The molecule has 0 aliphatic carbocycles. The Kier molecular flexibility index (Phi) is 3.50. The molecule has 0 radical (unpaired) electrons. The SMILES string of the molecule is CCNc1nc(-c2cc(F)cc(Br)c2)ns1. The van der Waals surface area contributed by atoms with E-state index in [0.29, 0.717) is 15.9 Å². The van der Waals surface area contributed by atoms with Crippen LogP contribution in [-0.2, 0) is 0 Å². The molecule has 1 heterocycles. The first-order valence-corrected chi connectivity index (χ1v) is 6.29. The first-order valence-electron chi connectivity index (χ1n) is 4.73. The fourth-order valence-corrected chi connectivity index (χ4v) is 2.37. The van der Waals surface area contributed by atoms with Crippen molar-refractivity contribution in [3.8, 4) is 11.4 Å². The number of rotatable bonds is 3. The summed E-state index contributed by atoms with van der Waals surface area (Å²) in [6.07, 6.45) is 0.